The zero-order valence-electron chi connectivity index (χ0n) is 16.9. The van der Waals surface area contributed by atoms with Crippen molar-refractivity contribution in [2.45, 2.75) is 31.7 Å². The van der Waals surface area contributed by atoms with Crippen LogP contribution in [-0.4, -0.2) is 35.3 Å². The molecule has 3 aromatic rings. The highest BCUT2D eigenvalue weighted by atomic mass is 19.4. The third-order valence-corrected chi connectivity index (χ3v) is 5.01. The van der Waals surface area contributed by atoms with Crippen LogP contribution >= 0.6 is 0 Å². The molecule has 1 N–H and O–H groups in total. The van der Waals surface area contributed by atoms with Crippen LogP contribution in [0, 0.1) is 0 Å². The lowest BCUT2D eigenvalue weighted by molar-refractivity contribution is -0.156. The van der Waals surface area contributed by atoms with E-state index in [0.29, 0.717) is 24.3 Å². The summed E-state index contributed by atoms with van der Waals surface area (Å²) in [6, 6.07) is 11.4. The van der Waals surface area contributed by atoms with Crippen LogP contribution in [0.2, 0.25) is 0 Å². The van der Waals surface area contributed by atoms with Crippen molar-refractivity contribution < 1.29 is 32.0 Å². The van der Waals surface area contributed by atoms with E-state index >= 15 is 0 Å². The first kappa shape index (κ1) is 21.8. The maximum absolute atomic E-state index is 13.4. The molecule has 0 bridgehead atoms. The lowest BCUT2D eigenvalue weighted by Gasteiger charge is -2.23. The van der Waals surface area contributed by atoms with Crippen molar-refractivity contribution in [3.05, 3.63) is 65.5 Å². The minimum absolute atomic E-state index is 0.0398. The lowest BCUT2D eigenvalue weighted by Crippen LogP contribution is -2.38. The van der Waals surface area contributed by atoms with Crippen LogP contribution in [0.1, 0.15) is 34.5 Å². The molecule has 1 aliphatic rings. The Kier molecular flexibility index (Phi) is 6.40. The number of ether oxygens (including phenoxy) is 2. The fourth-order valence-electron chi connectivity index (χ4n) is 3.35. The van der Waals surface area contributed by atoms with Gasteiger partial charge in [0.2, 0.25) is 11.6 Å². The van der Waals surface area contributed by atoms with Crippen molar-refractivity contribution in [1.29, 1.82) is 0 Å². The van der Waals surface area contributed by atoms with Crippen LogP contribution in [0.25, 0.3) is 11.3 Å². The molecular weight excluding hydrogens is 427 g/mol. The molecule has 2 aromatic heterocycles. The van der Waals surface area contributed by atoms with E-state index in [1.165, 1.54) is 18.3 Å². The number of pyridine rings is 1. The Bertz CT molecular complexity index is 1050. The minimum Gasteiger partial charge on any atom is -0.473 e. The molecule has 1 fully saturated rings. The second-order valence-electron chi connectivity index (χ2n) is 7.24. The smallest absolute Gasteiger partial charge is 0.452 e. The Labute approximate surface area is 181 Å². The highest BCUT2D eigenvalue weighted by Gasteiger charge is 2.40. The first-order chi connectivity index (χ1) is 15.4. The number of nitrogens with zero attached hydrogens (tertiary/aromatic N) is 2. The Morgan fingerprint density at radius 1 is 1.12 bits per heavy atom. The number of halogens is 3. The van der Waals surface area contributed by atoms with Gasteiger partial charge in [0.15, 0.2) is 0 Å². The highest BCUT2D eigenvalue weighted by Crippen LogP contribution is 2.37. The summed E-state index contributed by atoms with van der Waals surface area (Å²) < 4.78 is 55.5. The summed E-state index contributed by atoms with van der Waals surface area (Å²) in [6.07, 6.45) is -1.92. The van der Waals surface area contributed by atoms with Gasteiger partial charge in [0, 0.05) is 37.1 Å². The van der Waals surface area contributed by atoms with Crippen LogP contribution in [0.5, 0.6) is 5.88 Å². The highest BCUT2D eigenvalue weighted by molar-refractivity contribution is 5.94. The van der Waals surface area contributed by atoms with E-state index < -0.39 is 18.5 Å². The summed E-state index contributed by atoms with van der Waals surface area (Å²) in [6.45, 7) is 0.747. The molecule has 10 heteroatoms. The van der Waals surface area contributed by atoms with Gasteiger partial charge in [0.25, 0.3) is 5.91 Å². The van der Waals surface area contributed by atoms with E-state index in [1.807, 2.05) is 0 Å². The van der Waals surface area contributed by atoms with Crippen LogP contribution in [0.15, 0.2) is 53.2 Å². The maximum Gasteiger partial charge on any atom is 0.452 e. The fraction of sp³-hybridized carbons (Fsp3) is 0.318. The van der Waals surface area contributed by atoms with Gasteiger partial charge in [-0.2, -0.15) is 13.2 Å². The third kappa shape index (κ3) is 5.08. The molecule has 0 saturated carbocycles. The zero-order chi connectivity index (χ0) is 22.6. The maximum atomic E-state index is 13.4. The van der Waals surface area contributed by atoms with E-state index in [9.17, 15) is 18.0 Å². The lowest BCUT2D eigenvalue weighted by atomic mass is 10.1. The van der Waals surface area contributed by atoms with Gasteiger partial charge in [-0.05, 0) is 18.9 Å². The number of benzene rings is 1. The van der Waals surface area contributed by atoms with Crippen molar-refractivity contribution >= 4 is 5.91 Å². The molecule has 32 heavy (non-hydrogen) atoms. The summed E-state index contributed by atoms with van der Waals surface area (Å²) in [5.74, 6) is -1.43. The summed E-state index contributed by atoms with van der Waals surface area (Å²) >= 11 is 0. The van der Waals surface area contributed by atoms with Crippen LogP contribution < -0.4 is 10.1 Å². The van der Waals surface area contributed by atoms with Gasteiger partial charge in [0.05, 0.1) is 11.1 Å². The molecule has 1 saturated heterocycles. The van der Waals surface area contributed by atoms with Crippen molar-refractivity contribution in [3.63, 3.8) is 0 Å². The first-order valence-electron chi connectivity index (χ1n) is 10.0. The van der Waals surface area contributed by atoms with Gasteiger partial charge >= 0.3 is 6.18 Å². The number of aromatic nitrogens is 2. The van der Waals surface area contributed by atoms with Gasteiger partial charge in [0.1, 0.15) is 12.3 Å². The number of alkyl halides is 3. The number of amides is 1. The number of carbonyl (C=O) groups excluding carboxylic acids is 1. The van der Waals surface area contributed by atoms with Crippen LogP contribution in [-0.2, 0) is 17.5 Å². The Morgan fingerprint density at radius 3 is 2.53 bits per heavy atom. The summed E-state index contributed by atoms with van der Waals surface area (Å²) in [4.78, 5) is 16.4. The van der Waals surface area contributed by atoms with E-state index in [4.69, 9.17) is 9.47 Å². The molecule has 0 spiro atoms. The summed E-state index contributed by atoms with van der Waals surface area (Å²) in [5.41, 5.74) is 0.616. The average Bonchev–Trinajstić information content (AvgIpc) is 3.24. The topological polar surface area (TPSA) is 86.5 Å². The molecule has 0 unspecified atom stereocenters. The Balaban J connectivity index is 1.46. The number of hydrogen-bond donors (Lipinski definition) is 1. The molecule has 1 aromatic carbocycles. The number of rotatable bonds is 6. The first-order valence-corrected chi connectivity index (χ1v) is 10.0. The monoisotopic (exact) mass is 447 g/mol. The quantitative estimate of drug-likeness (QED) is 0.608. The Morgan fingerprint density at radius 2 is 1.88 bits per heavy atom. The number of nitrogens with one attached hydrogen (secondary N) is 1. The molecule has 4 rings (SSSR count). The molecule has 7 nitrogen and oxygen atoms in total. The van der Waals surface area contributed by atoms with Crippen LogP contribution in [0.3, 0.4) is 0 Å². The van der Waals surface area contributed by atoms with E-state index in [0.717, 1.165) is 12.8 Å². The van der Waals surface area contributed by atoms with Gasteiger partial charge in [-0.25, -0.2) is 4.98 Å². The zero-order valence-corrected chi connectivity index (χ0v) is 16.9. The van der Waals surface area contributed by atoms with Gasteiger partial charge < -0.3 is 19.3 Å². The molecule has 1 aliphatic heterocycles. The van der Waals surface area contributed by atoms with E-state index in [2.05, 4.69) is 20.0 Å². The molecule has 0 radical (unpaired) electrons. The average molecular weight is 447 g/mol. The normalized spacial score (nSPS) is 14.8. The summed E-state index contributed by atoms with van der Waals surface area (Å²) in [5, 5.41) is 6.51. The van der Waals surface area contributed by atoms with E-state index in [1.54, 1.807) is 30.3 Å². The molecule has 0 aliphatic carbocycles. The predicted octanol–water partition coefficient (Wildman–Crippen LogP) is 4.24. The molecule has 0 atom stereocenters. The third-order valence-electron chi connectivity index (χ3n) is 5.01. The molecule has 1 amide bonds. The van der Waals surface area contributed by atoms with Crippen molar-refractivity contribution in [1.82, 2.24) is 15.5 Å². The van der Waals surface area contributed by atoms with Crippen LogP contribution in [0.4, 0.5) is 13.2 Å². The second kappa shape index (κ2) is 9.39. The van der Waals surface area contributed by atoms with E-state index in [-0.39, 0.29) is 29.1 Å². The molecule has 168 valence electrons. The Hall–Kier alpha value is -3.40. The number of carbonyl (C=O) groups is 1. The van der Waals surface area contributed by atoms with Gasteiger partial charge in [-0.1, -0.05) is 35.5 Å². The minimum atomic E-state index is -4.72. The molecule has 3 heterocycles. The number of hydrogen-bond acceptors (Lipinski definition) is 6. The van der Waals surface area contributed by atoms with Crippen molar-refractivity contribution in [2.75, 3.05) is 13.2 Å². The fourth-order valence-corrected chi connectivity index (χ4v) is 3.35. The standard InChI is InChI=1S/C22H20F3N3O4/c23-22(24,25)20-17(19(28-32-20)14-4-2-1-3-5-14)13-31-18-7-6-15(12-26-18)21(29)27-16-8-10-30-11-9-16/h1-7,12,16H,8-11,13H2,(H,27,29). The van der Waals surface area contributed by atoms with Gasteiger partial charge in [-0.3, -0.25) is 4.79 Å². The SMILES string of the molecule is O=C(NC1CCOCC1)c1ccc(OCc2c(-c3ccccc3)noc2C(F)(F)F)nc1. The molecular formula is C22H20F3N3O4. The predicted molar refractivity (Wildman–Crippen MR) is 107 cm³/mol. The largest absolute Gasteiger partial charge is 0.473 e. The second-order valence-corrected chi connectivity index (χ2v) is 7.24. The van der Waals surface area contributed by atoms with Crippen molar-refractivity contribution in [3.8, 4) is 17.1 Å². The summed E-state index contributed by atoms with van der Waals surface area (Å²) in [7, 11) is 0. The van der Waals surface area contributed by atoms with Crippen molar-refractivity contribution in [2.24, 2.45) is 0 Å². The van der Waals surface area contributed by atoms with Gasteiger partial charge in [-0.15, -0.1) is 0 Å².